The van der Waals surface area contributed by atoms with Crippen LogP contribution in [0.1, 0.15) is 30.5 Å². The van der Waals surface area contributed by atoms with Crippen molar-refractivity contribution < 1.29 is 4.79 Å². The topological polar surface area (TPSA) is 23.6 Å². The van der Waals surface area contributed by atoms with Crippen LogP contribution >= 0.6 is 0 Å². The Bertz CT molecular complexity index is 713. The molecule has 2 aliphatic rings. The minimum Gasteiger partial charge on any atom is -0.307 e. The molecule has 0 aromatic heterocycles. The van der Waals surface area contributed by atoms with E-state index in [2.05, 4.69) is 54.3 Å². The fourth-order valence-electron chi connectivity index (χ4n) is 3.94. The predicted octanol–water partition coefficient (Wildman–Crippen LogP) is 3.41. The maximum absolute atomic E-state index is 12.8. The molecule has 1 amide bonds. The molecule has 3 nitrogen and oxygen atoms in total. The molecule has 1 fully saturated rings. The van der Waals surface area contributed by atoms with Gasteiger partial charge in [-0.3, -0.25) is 9.69 Å². The molecule has 2 aliphatic heterocycles. The largest absolute Gasteiger partial charge is 0.307 e. The summed E-state index contributed by atoms with van der Waals surface area (Å²) in [5.74, 6) is 0.233. The van der Waals surface area contributed by atoms with Crippen molar-refractivity contribution >= 4 is 11.6 Å². The third kappa shape index (κ3) is 2.55. The third-order valence-electron chi connectivity index (χ3n) is 5.25. The summed E-state index contributed by atoms with van der Waals surface area (Å²) >= 11 is 0. The molecule has 2 atom stereocenters. The summed E-state index contributed by atoms with van der Waals surface area (Å²) in [7, 11) is 0. The number of aryl methyl sites for hydroxylation is 1. The van der Waals surface area contributed by atoms with Crippen molar-refractivity contribution in [2.75, 3.05) is 18.0 Å². The number of hydrogen-bond donors (Lipinski definition) is 0. The standard InChI is InChI=1S/C20H22N2O/c1-15(16-7-3-2-4-8-16)21-13-18-12-11-17-9-5-6-10-19(17)22(18)20(23)14-21/h2-10,15,18H,11-14H2,1H3/t15-,18-/m0/s1. The maximum atomic E-state index is 12.8. The number of nitrogens with zero attached hydrogens (tertiary/aromatic N) is 2. The van der Waals surface area contributed by atoms with Gasteiger partial charge in [-0.15, -0.1) is 0 Å². The molecule has 1 saturated heterocycles. The van der Waals surface area contributed by atoms with Gasteiger partial charge in [0.05, 0.1) is 12.6 Å². The van der Waals surface area contributed by atoms with Crippen LogP contribution in [0, 0.1) is 0 Å². The Kier molecular flexibility index (Phi) is 3.66. The van der Waals surface area contributed by atoms with E-state index in [0.29, 0.717) is 12.6 Å². The van der Waals surface area contributed by atoms with Crippen molar-refractivity contribution in [2.24, 2.45) is 0 Å². The summed E-state index contributed by atoms with van der Waals surface area (Å²) < 4.78 is 0. The zero-order chi connectivity index (χ0) is 15.8. The summed E-state index contributed by atoms with van der Waals surface area (Å²) in [6.07, 6.45) is 2.12. The molecule has 0 bridgehead atoms. The SMILES string of the molecule is C[C@@H](c1ccccc1)N1CC(=O)N2c3ccccc3CC[C@H]2C1. The van der Waals surface area contributed by atoms with E-state index in [1.165, 1.54) is 11.1 Å². The molecule has 0 spiro atoms. The number of benzene rings is 2. The Morgan fingerprint density at radius 1 is 1.04 bits per heavy atom. The Hall–Kier alpha value is -2.13. The summed E-state index contributed by atoms with van der Waals surface area (Å²) in [5.41, 5.74) is 3.72. The lowest BCUT2D eigenvalue weighted by molar-refractivity contribution is -0.123. The second-order valence-corrected chi connectivity index (χ2v) is 6.60. The highest BCUT2D eigenvalue weighted by molar-refractivity contribution is 5.97. The van der Waals surface area contributed by atoms with Crippen molar-refractivity contribution in [3.8, 4) is 0 Å². The number of piperazine rings is 1. The number of para-hydroxylation sites is 1. The van der Waals surface area contributed by atoms with Crippen molar-refractivity contribution in [3.05, 3.63) is 65.7 Å². The van der Waals surface area contributed by atoms with Crippen LogP contribution in [0.5, 0.6) is 0 Å². The van der Waals surface area contributed by atoms with Gasteiger partial charge in [0.1, 0.15) is 0 Å². The van der Waals surface area contributed by atoms with Gasteiger partial charge in [-0.1, -0.05) is 48.5 Å². The molecule has 0 aliphatic carbocycles. The van der Waals surface area contributed by atoms with Crippen LogP contribution in [0.4, 0.5) is 5.69 Å². The highest BCUT2D eigenvalue weighted by atomic mass is 16.2. The molecule has 2 aromatic rings. The molecule has 23 heavy (non-hydrogen) atoms. The quantitative estimate of drug-likeness (QED) is 0.849. The molecule has 2 aromatic carbocycles. The second kappa shape index (κ2) is 5.82. The summed E-state index contributed by atoms with van der Waals surface area (Å²) in [6, 6.07) is 19.4. The second-order valence-electron chi connectivity index (χ2n) is 6.60. The van der Waals surface area contributed by atoms with Gasteiger partial charge in [-0.05, 0) is 37.0 Å². The van der Waals surface area contributed by atoms with Crippen molar-refractivity contribution in [1.82, 2.24) is 4.90 Å². The summed E-state index contributed by atoms with van der Waals surface area (Å²) in [5, 5.41) is 0. The van der Waals surface area contributed by atoms with Crippen LogP contribution in [0.2, 0.25) is 0 Å². The van der Waals surface area contributed by atoms with Gasteiger partial charge in [0.25, 0.3) is 0 Å². The lowest BCUT2D eigenvalue weighted by atomic mass is 9.92. The highest BCUT2D eigenvalue weighted by Crippen LogP contribution is 2.34. The van der Waals surface area contributed by atoms with Crippen LogP contribution in [-0.2, 0) is 11.2 Å². The molecular formula is C20H22N2O. The number of rotatable bonds is 2. The van der Waals surface area contributed by atoms with Crippen molar-refractivity contribution in [3.63, 3.8) is 0 Å². The van der Waals surface area contributed by atoms with Crippen molar-refractivity contribution in [2.45, 2.75) is 31.8 Å². The van der Waals surface area contributed by atoms with Crippen LogP contribution in [0.25, 0.3) is 0 Å². The summed E-state index contributed by atoms with van der Waals surface area (Å²) in [6.45, 7) is 3.66. The average Bonchev–Trinajstić information content (AvgIpc) is 2.61. The third-order valence-corrected chi connectivity index (χ3v) is 5.25. The van der Waals surface area contributed by atoms with Crippen LogP contribution < -0.4 is 4.90 Å². The molecular weight excluding hydrogens is 284 g/mol. The normalized spacial score (nSPS) is 22.4. The number of hydrogen-bond acceptors (Lipinski definition) is 2. The fraction of sp³-hybridized carbons (Fsp3) is 0.350. The number of carbonyl (C=O) groups excluding carboxylic acids is 1. The molecule has 4 rings (SSSR count). The molecule has 0 unspecified atom stereocenters. The minimum atomic E-state index is 0.233. The van der Waals surface area contributed by atoms with Gasteiger partial charge in [0.15, 0.2) is 0 Å². The molecule has 0 N–H and O–H groups in total. The molecule has 0 saturated carbocycles. The van der Waals surface area contributed by atoms with Gasteiger partial charge in [0.2, 0.25) is 5.91 Å². The Labute approximate surface area is 137 Å². The van der Waals surface area contributed by atoms with Crippen LogP contribution in [0.3, 0.4) is 0 Å². The van der Waals surface area contributed by atoms with E-state index >= 15 is 0 Å². The van der Waals surface area contributed by atoms with Gasteiger partial charge >= 0.3 is 0 Å². The molecule has 3 heteroatoms. The van der Waals surface area contributed by atoms with Gasteiger partial charge < -0.3 is 4.90 Å². The predicted molar refractivity (Wildman–Crippen MR) is 92.5 cm³/mol. The zero-order valence-corrected chi connectivity index (χ0v) is 13.5. The lowest BCUT2D eigenvalue weighted by Crippen LogP contribution is -2.58. The molecule has 0 radical (unpaired) electrons. The first-order valence-electron chi connectivity index (χ1n) is 8.43. The Balaban J connectivity index is 1.59. The smallest absolute Gasteiger partial charge is 0.241 e. The highest BCUT2D eigenvalue weighted by Gasteiger charge is 2.38. The van der Waals surface area contributed by atoms with Crippen molar-refractivity contribution in [1.29, 1.82) is 0 Å². The Morgan fingerprint density at radius 2 is 1.78 bits per heavy atom. The monoisotopic (exact) mass is 306 g/mol. The van der Waals surface area contributed by atoms with E-state index in [4.69, 9.17) is 0 Å². The first kappa shape index (κ1) is 14.5. The number of fused-ring (bicyclic) bond motifs is 3. The van der Waals surface area contributed by atoms with E-state index in [1.54, 1.807) is 0 Å². The van der Waals surface area contributed by atoms with E-state index < -0.39 is 0 Å². The van der Waals surface area contributed by atoms with Crippen LogP contribution in [0.15, 0.2) is 54.6 Å². The fourth-order valence-corrected chi connectivity index (χ4v) is 3.94. The molecule has 118 valence electrons. The maximum Gasteiger partial charge on any atom is 0.241 e. The van der Waals surface area contributed by atoms with E-state index in [9.17, 15) is 4.79 Å². The molecule has 2 heterocycles. The number of carbonyl (C=O) groups is 1. The first-order valence-corrected chi connectivity index (χ1v) is 8.43. The van der Waals surface area contributed by atoms with Crippen LogP contribution in [-0.4, -0.2) is 29.9 Å². The first-order chi connectivity index (χ1) is 11.2. The minimum absolute atomic E-state index is 0.233. The lowest BCUT2D eigenvalue weighted by Gasteiger charge is -2.46. The number of anilines is 1. The average molecular weight is 306 g/mol. The van der Waals surface area contributed by atoms with Gasteiger partial charge in [-0.2, -0.15) is 0 Å². The van der Waals surface area contributed by atoms with E-state index in [-0.39, 0.29) is 11.9 Å². The zero-order valence-electron chi connectivity index (χ0n) is 13.5. The number of amides is 1. The summed E-state index contributed by atoms with van der Waals surface area (Å²) in [4.78, 5) is 17.2. The Morgan fingerprint density at radius 3 is 2.61 bits per heavy atom. The van der Waals surface area contributed by atoms with E-state index in [1.807, 2.05) is 17.0 Å². The van der Waals surface area contributed by atoms with Gasteiger partial charge in [0, 0.05) is 18.3 Å². The van der Waals surface area contributed by atoms with Gasteiger partial charge in [-0.25, -0.2) is 0 Å². The van der Waals surface area contributed by atoms with E-state index in [0.717, 1.165) is 25.1 Å².